The van der Waals surface area contributed by atoms with Crippen molar-refractivity contribution in [3.8, 4) is 11.4 Å². The maximum Gasteiger partial charge on any atom is 0.273 e. The molecule has 3 rings (SSSR count). The van der Waals surface area contributed by atoms with Crippen LogP contribution in [-0.2, 0) is 11.3 Å². The molecule has 0 aliphatic rings. The fourth-order valence-electron chi connectivity index (χ4n) is 2.85. The van der Waals surface area contributed by atoms with E-state index in [0.29, 0.717) is 30.1 Å². The van der Waals surface area contributed by atoms with Crippen LogP contribution in [0.15, 0.2) is 48.9 Å². The molecule has 0 saturated carbocycles. The summed E-state index contributed by atoms with van der Waals surface area (Å²) in [4.78, 5) is 28.6. The third kappa shape index (κ3) is 6.81. The maximum atomic E-state index is 12.5. The first-order valence-corrected chi connectivity index (χ1v) is 10.4. The van der Waals surface area contributed by atoms with Crippen molar-refractivity contribution in [2.75, 3.05) is 33.0 Å². The largest absolute Gasteiger partial charge is 0.489 e. The number of rotatable bonds is 12. The van der Waals surface area contributed by atoms with Gasteiger partial charge in [-0.05, 0) is 42.8 Å². The van der Waals surface area contributed by atoms with Gasteiger partial charge in [0.1, 0.15) is 24.7 Å². The van der Waals surface area contributed by atoms with E-state index in [4.69, 9.17) is 9.47 Å². The van der Waals surface area contributed by atoms with Crippen molar-refractivity contribution in [1.29, 1.82) is 0 Å². The number of pyridine rings is 1. The van der Waals surface area contributed by atoms with Gasteiger partial charge in [0.15, 0.2) is 5.69 Å². The standard InChI is InChI=1S/C22H25FN6O4/c1-2-25-21(30)17-3-4-19(20(13-17)33-12-11-32-10-7-23)29-15-18(27-28-29)22(31)26-14-16-5-8-24-9-6-16/h3-6,8-9,13,15H,2,7,10-12,14H2,1H3,(H,25,30)(H,26,31). The van der Waals surface area contributed by atoms with E-state index in [1.54, 1.807) is 42.7 Å². The van der Waals surface area contributed by atoms with E-state index < -0.39 is 6.67 Å². The summed E-state index contributed by atoms with van der Waals surface area (Å²) in [6.07, 6.45) is 4.76. The van der Waals surface area contributed by atoms with E-state index in [9.17, 15) is 14.0 Å². The topological polar surface area (TPSA) is 120 Å². The number of ether oxygens (including phenoxy) is 2. The van der Waals surface area contributed by atoms with Crippen molar-refractivity contribution in [3.63, 3.8) is 0 Å². The lowest BCUT2D eigenvalue weighted by Gasteiger charge is -2.13. The Morgan fingerprint density at radius 1 is 1.06 bits per heavy atom. The second kappa shape index (κ2) is 12.2. The van der Waals surface area contributed by atoms with Gasteiger partial charge in [0.05, 0.1) is 19.4 Å². The number of hydrogen-bond donors (Lipinski definition) is 2. The molecule has 0 bridgehead atoms. The summed E-state index contributed by atoms with van der Waals surface area (Å²) in [5, 5.41) is 13.5. The van der Waals surface area contributed by atoms with Crippen LogP contribution in [0.4, 0.5) is 4.39 Å². The summed E-state index contributed by atoms with van der Waals surface area (Å²) in [6, 6.07) is 8.44. The highest BCUT2D eigenvalue weighted by atomic mass is 19.1. The Morgan fingerprint density at radius 3 is 2.64 bits per heavy atom. The van der Waals surface area contributed by atoms with Gasteiger partial charge in [0.25, 0.3) is 11.8 Å². The lowest BCUT2D eigenvalue weighted by atomic mass is 10.1. The smallest absolute Gasteiger partial charge is 0.273 e. The summed E-state index contributed by atoms with van der Waals surface area (Å²) in [5.74, 6) is -0.298. The zero-order valence-corrected chi connectivity index (χ0v) is 18.2. The van der Waals surface area contributed by atoms with Crippen LogP contribution in [-0.4, -0.2) is 64.8 Å². The lowest BCUT2D eigenvalue weighted by molar-refractivity contribution is 0.0894. The monoisotopic (exact) mass is 456 g/mol. The molecule has 0 spiro atoms. The van der Waals surface area contributed by atoms with E-state index in [0.717, 1.165) is 5.56 Å². The molecule has 0 saturated heterocycles. The normalized spacial score (nSPS) is 10.6. The molecule has 0 fully saturated rings. The summed E-state index contributed by atoms with van der Waals surface area (Å²) in [5.41, 5.74) is 1.90. The van der Waals surface area contributed by atoms with Crippen LogP contribution in [0.1, 0.15) is 33.3 Å². The SMILES string of the molecule is CCNC(=O)c1ccc(-n2cc(C(=O)NCc3ccncc3)nn2)c(OCCOCCF)c1. The van der Waals surface area contributed by atoms with Crippen molar-refractivity contribution >= 4 is 11.8 Å². The number of nitrogens with zero attached hydrogens (tertiary/aromatic N) is 4. The predicted molar refractivity (Wildman–Crippen MR) is 117 cm³/mol. The zero-order valence-electron chi connectivity index (χ0n) is 18.2. The lowest BCUT2D eigenvalue weighted by Crippen LogP contribution is -2.23. The van der Waals surface area contributed by atoms with E-state index in [2.05, 4.69) is 25.9 Å². The highest BCUT2D eigenvalue weighted by Crippen LogP contribution is 2.24. The Bertz CT molecular complexity index is 1060. The second-order valence-electron chi connectivity index (χ2n) is 6.78. The molecule has 0 atom stereocenters. The molecule has 2 N–H and O–H groups in total. The van der Waals surface area contributed by atoms with Crippen LogP contribution in [0.3, 0.4) is 0 Å². The van der Waals surface area contributed by atoms with Crippen LogP contribution < -0.4 is 15.4 Å². The summed E-state index contributed by atoms with van der Waals surface area (Å²) in [6.45, 7) is 2.34. The fraction of sp³-hybridized carbons (Fsp3) is 0.318. The minimum absolute atomic E-state index is 0.0177. The van der Waals surface area contributed by atoms with Gasteiger partial charge in [-0.1, -0.05) is 5.21 Å². The number of halogens is 1. The van der Waals surface area contributed by atoms with E-state index in [1.165, 1.54) is 10.9 Å². The summed E-state index contributed by atoms with van der Waals surface area (Å²) in [7, 11) is 0. The van der Waals surface area contributed by atoms with Crippen LogP contribution in [0.5, 0.6) is 5.75 Å². The minimum atomic E-state index is -0.580. The first-order valence-electron chi connectivity index (χ1n) is 10.4. The van der Waals surface area contributed by atoms with Crippen molar-refractivity contribution in [3.05, 3.63) is 65.7 Å². The Kier molecular flexibility index (Phi) is 8.83. The first kappa shape index (κ1) is 23.8. The van der Waals surface area contributed by atoms with E-state index in [1.807, 2.05) is 6.92 Å². The fourth-order valence-corrected chi connectivity index (χ4v) is 2.85. The van der Waals surface area contributed by atoms with E-state index in [-0.39, 0.29) is 37.3 Å². The molecule has 33 heavy (non-hydrogen) atoms. The number of benzene rings is 1. The second-order valence-corrected chi connectivity index (χ2v) is 6.78. The van der Waals surface area contributed by atoms with Crippen LogP contribution in [0.25, 0.3) is 5.69 Å². The molecule has 2 aromatic heterocycles. The molecule has 174 valence electrons. The number of hydrogen-bond acceptors (Lipinski definition) is 7. The Labute approximate surface area is 190 Å². The Balaban J connectivity index is 1.75. The number of nitrogens with one attached hydrogen (secondary N) is 2. The van der Waals surface area contributed by atoms with Gasteiger partial charge in [-0.25, -0.2) is 9.07 Å². The number of carbonyl (C=O) groups is 2. The predicted octanol–water partition coefficient (Wildman–Crippen LogP) is 1.71. The van der Waals surface area contributed by atoms with Gasteiger partial charge in [-0.2, -0.15) is 0 Å². The number of aromatic nitrogens is 4. The molecule has 0 radical (unpaired) electrons. The highest BCUT2D eigenvalue weighted by Gasteiger charge is 2.16. The van der Waals surface area contributed by atoms with Crippen molar-refractivity contribution in [1.82, 2.24) is 30.6 Å². The van der Waals surface area contributed by atoms with Gasteiger partial charge in [0, 0.05) is 31.0 Å². The third-order valence-corrected chi connectivity index (χ3v) is 4.44. The summed E-state index contributed by atoms with van der Waals surface area (Å²) < 4.78 is 24.4. The van der Waals surface area contributed by atoms with E-state index >= 15 is 0 Å². The molecule has 3 aromatic rings. The molecule has 0 unspecified atom stereocenters. The molecule has 2 amide bonds. The van der Waals surface area contributed by atoms with Gasteiger partial charge in [-0.15, -0.1) is 5.10 Å². The number of carbonyl (C=O) groups excluding carboxylic acids is 2. The molecule has 2 heterocycles. The van der Waals surface area contributed by atoms with Crippen molar-refractivity contribution in [2.24, 2.45) is 0 Å². The average molecular weight is 456 g/mol. The quantitative estimate of drug-likeness (QED) is 0.398. The van der Waals surface area contributed by atoms with Gasteiger partial charge in [-0.3, -0.25) is 14.6 Å². The molecular formula is C22H25FN6O4. The van der Waals surface area contributed by atoms with Crippen LogP contribution >= 0.6 is 0 Å². The van der Waals surface area contributed by atoms with Gasteiger partial charge < -0.3 is 20.1 Å². The average Bonchev–Trinajstić information content (AvgIpc) is 3.33. The third-order valence-electron chi connectivity index (χ3n) is 4.44. The first-order chi connectivity index (χ1) is 16.1. The van der Waals surface area contributed by atoms with Crippen LogP contribution in [0.2, 0.25) is 0 Å². The zero-order chi connectivity index (χ0) is 23.5. The van der Waals surface area contributed by atoms with Gasteiger partial charge in [0.2, 0.25) is 0 Å². The molecule has 0 aliphatic heterocycles. The Hall–Kier alpha value is -3.86. The van der Waals surface area contributed by atoms with Crippen molar-refractivity contribution in [2.45, 2.75) is 13.5 Å². The number of amides is 2. The molecule has 1 aromatic carbocycles. The van der Waals surface area contributed by atoms with Crippen molar-refractivity contribution < 1.29 is 23.5 Å². The molecule has 10 nitrogen and oxygen atoms in total. The number of alkyl halides is 1. The maximum absolute atomic E-state index is 12.5. The molecular weight excluding hydrogens is 431 g/mol. The molecule has 0 aliphatic carbocycles. The summed E-state index contributed by atoms with van der Waals surface area (Å²) >= 11 is 0. The minimum Gasteiger partial charge on any atom is -0.489 e. The highest BCUT2D eigenvalue weighted by molar-refractivity contribution is 5.95. The van der Waals surface area contributed by atoms with Gasteiger partial charge >= 0.3 is 0 Å². The molecule has 11 heteroatoms. The Morgan fingerprint density at radius 2 is 1.88 bits per heavy atom. The van der Waals surface area contributed by atoms with Crippen LogP contribution in [0, 0.1) is 0 Å².